The molecule has 0 radical (unpaired) electrons. The smallest absolute Gasteiger partial charge is 0.260 e. The number of carbonyl (C=O) groups is 2. The fraction of sp³-hybridized carbons (Fsp3) is 0.364. The number of carbonyl (C=O) groups excluding carboxylic acids is 2. The molecule has 10 heteroatoms. The van der Waals surface area contributed by atoms with Crippen molar-refractivity contribution in [3.63, 3.8) is 0 Å². The molecule has 1 aliphatic carbocycles. The first-order chi connectivity index (χ1) is 15.1. The van der Waals surface area contributed by atoms with Crippen molar-refractivity contribution in [2.24, 2.45) is 0 Å². The molecule has 0 aliphatic heterocycles. The van der Waals surface area contributed by atoms with E-state index >= 15 is 0 Å². The van der Waals surface area contributed by atoms with E-state index < -0.39 is 0 Å². The van der Waals surface area contributed by atoms with Crippen LogP contribution in [-0.4, -0.2) is 48.6 Å². The Hall–Kier alpha value is -1.86. The van der Waals surface area contributed by atoms with Crippen LogP contribution in [0.4, 0.5) is 0 Å². The minimum Gasteiger partial charge on any atom is -0.484 e. The Kier molecular flexibility index (Phi) is 8.04. The summed E-state index contributed by atoms with van der Waals surface area (Å²) in [5.74, 6) is 0.499. The minimum absolute atomic E-state index is 0.0452. The number of halogens is 4. The predicted octanol–water partition coefficient (Wildman–Crippen LogP) is 5.25. The van der Waals surface area contributed by atoms with Gasteiger partial charge in [0.2, 0.25) is 0 Å². The molecule has 2 aromatic rings. The molecule has 1 fully saturated rings. The Morgan fingerprint density at radius 1 is 0.938 bits per heavy atom. The number of rotatable bonds is 8. The molecule has 0 spiro atoms. The van der Waals surface area contributed by atoms with Gasteiger partial charge in [0.25, 0.3) is 11.8 Å². The number of hydrogen-bond donors (Lipinski definition) is 1. The number of ether oxygens (including phenoxy) is 2. The Labute approximate surface area is 206 Å². The molecule has 1 N–H and O–H groups in total. The van der Waals surface area contributed by atoms with Crippen LogP contribution in [0.25, 0.3) is 0 Å². The SMILES string of the molecule is CN(C(=O)COc1ccc(Cl)c(Cl)c1)C1(C)CC(NC(=O)COc2ccc(Cl)c(Cl)c2)C1. The second-order valence-electron chi connectivity index (χ2n) is 7.85. The number of likely N-dealkylation sites (N-methyl/N-ethyl adjacent to an activating group) is 1. The van der Waals surface area contributed by atoms with E-state index in [2.05, 4.69) is 5.32 Å². The highest BCUT2D eigenvalue weighted by atomic mass is 35.5. The molecule has 0 heterocycles. The normalized spacial score (nSPS) is 19.6. The summed E-state index contributed by atoms with van der Waals surface area (Å²) in [4.78, 5) is 26.4. The van der Waals surface area contributed by atoms with Gasteiger partial charge in [-0.2, -0.15) is 0 Å². The molecule has 1 saturated carbocycles. The Morgan fingerprint density at radius 3 is 1.94 bits per heavy atom. The van der Waals surface area contributed by atoms with E-state index in [1.54, 1.807) is 48.3 Å². The van der Waals surface area contributed by atoms with Crippen molar-refractivity contribution in [2.45, 2.75) is 31.3 Å². The van der Waals surface area contributed by atoms with Crippen molar-refractivity contribution in [1.82, 2.24) is 10.2 Å². The van der Waals surface area contributed by atoms with E-state index in [1.807, 2.05) is 6.92 Å². The maximum Gasteiger partial charge on any atom is 0.260 e. The summed E-state index contributed by atoms with van der Waals surface area (Å²) >= 11 is 23.6. The van der Waals surface area contributed by atoms with Crippen LogP contribution >= 0.6 is 46.4 Å². The molecule has 32 heavy (non-hydrogen) atoms. The van der Waals surface area contributed by atoms with Crippen LogP contribution in [0.1, 0.15) is 19.8 Å². The van der Waals surface area contributed by atoms with Gasteiger partial charge >= 0.3 is 0 Å². The zero-order valence-electron chi connectivity index (χ0n) is 17.5. The van der Waals surface area contributed by atoms with Crippen LogP contribution in [0.3, 0.4) is 0 Å². The Bertz CT molecular complexity index is 1010. The number of hydrogen-bond acceptors (Lipinski definition) is 4. The highest BCUT2D eigenvalue weighted by Gasteiger charge is 2.45. The quantitative estimate of drug-likeness (QED) is 0.517. The summed E-state index contributed by atoms with van der Waals surface area (Å²) in [7, 11) is 1.73. The van der Waals surface area contributed by atoms with Gasteiger partial charge < -0.3 is 19.7 Å². The molecular formula is C22H22Cl4N2O4. The minimum atomic E-state index is -0.374. The second kappa shape index (κ2) is 10.4. The number of benzene rings is 2. The number of nitrogens with one attached hydrogen (secondary N) is 1. The van der Waals surface area contributed by atoms with Crippen LogP contribution in [0.5, 0.6) is 11.5 Å². The summed E-state index contributed by atoms with van der Waals surface area (Å²) in [6.07, 6.45) is 1.25. The molecule has 2 aromatic carbocycles. The van der Waals surface area contributed by atoms with Crippen LogP contribution in [0, 0.1) is 0 Å². The zero-order chi connectivity index (χ0) is 23.5. The molecule has 0 unspecified atom stereocenters. The summed E-state index contributed by atoms with van der Waals surface area (Å²) in [6, 6.07) is 9.58. The van der Waals surface area contributed by atoms with E-state index in [9.17, 15) is 9.59 Å². The lowest BCUT2D eigenvalue weighted by Gasteiger charge is -2.50. The van der Waals surface area contributed by atoms with Crippen molar-refractivity contribution in [3.8, 4) is 11.5 Å². The number of nitrogens with zero attached hydrogens (tertiary/aromatic N) is 1. The maximum absolute atomic E-state index is 12.6. The van der Waals surface area contributed by atoms with E-state index in [0.29, 0.717) is 44.4 Å². The highest BCUT2D eigenvalue weighted by molar-refractivity contribution is 6.42. The third-order valence-electron chi connectivity index (χ3n) is 5.44. The lowest BCUT2D eigenvalue weighted by atomic mass is 9.73. The van der Waals surface area contributed by atoms with Crippen molar-refractivity contribution < 1.29 is 19.1 Å². The average molecular weight is 520 g/mol. The molecular weight excluding hydrogens is 498 g/mol. The topological polar surface area (TPSA) is 67.9 Å². The van der Waals surface area contributed by atoms with E-state index in [-0.39, 0.29) is 36.6 Å². The van der Waals surface area contributed by atoms with Gasteiger partial charge in [-0.1, -0.05) is 46.4 Å². The maximum atomic E-state index is 12.6. The highest BCUT2D eigenvalue weighted by Crippen LogP contribution is 2.37. The first-order valence-electron chi connectivity index (χ1n) is 9.79. The molecule has 0 saturated heterocycles. The lowest BCUT2D eigenvalue weighted by molar-refractivity contribution is -0.142. The van der Waals surface area contributed by atoms with Crippen LogP contribution < -0.4 is 14.8 Å². The fourth-order valence-corrected chi connectivity index (χ4v) is 4.05. The largest absolute Gasteiger partial charge is 0.484 e. The summed E-state index contributed by atoms with van der Waals surface area (Å²) in [5, 5.41) is 4.46. The summed E-state index contributed by atoms with van der Waals surface area (Å²) in [6.45, 7) is 1.70. The van der Waals surface area contributed by atoms with Crippen LogP contribution in [0.15, 0.2) is 36.4 Å². The third-order valence-corrected chi connectivity index (χ3v) is 6.91. The first kappa shape index (κ1) is 24.8. The van der Waals surface area contributed by atoms with Gasteiger partial charge in [-0.05, 0) is 44.0 Å². The van der Waals surface area contributed by atoms with E-state index in [0.717, 1.165) is 0 Å². The van der Waals surface area contributed by atoms with Crippen LogP contribution in [-0.2, 0) is 9.59 Å². The molecule has 0 atom stereocenters. The first-order valence-corrected chi connectivity index (χ1v) is 11.3. The van der Waals surface area contributed by atoms with Gasteiger partial charge in [0.05, 0.1) is 20.1 Å². The molecule has 6 nitrogen and oxygen atoms in total. The van der Waals surface area contributed by atoms with Gasteiger partial charge in [-0.3, -0.25) is 9.59 Å². The van der Waals surface area contributed by atoms with Gasteiger partial charge in [0, 0.05) is 30.8 Å². The van der Waals surface area contributed by atoms with Gasteiger partial charge in [0.15, 0.2) is 13.2 Å². The molecule has 3 rings (SSSR count). The van der Waals surface area contributed by atoms with Gasteiger partial charge in [-0.25, -0.2) is 0 Å². The molecule has 0 bridgehead atoms. The molecule has 1 aliphatic rings. The average Bonchev–Trinajstić information content (AvgIpc) is 2.73. The molecule has 2 amide bonds. The van der Waals surface area contributed by atoms with Crippen molar-refractivity contribution in [1.29, 1.82) is 0 Å². The third kappa shape index (κ3) is 6.13. The van der Waals surface area contributed by atoms with Crippen molar-refractivity contribution in [2.75, 3.05) is 20.3 Å². The van der Waals surface area contributed by atoms with Crippen molar-refractivity contribution in [3.05, 3.63) is 56.5 Å². The molecule has 172 valence electrons. The second-order valence-corrected chi connectivity index (χ2v) is 9.48. The standard InChI is InChI=1S/C22H22Cl4N2O4/c1-22(28(2)21(30)12-32-15-4-6-17(24)19(26)8-15)9-13(10-22)27-20(29)11-31-14-3-5-16(23)18(25)7-14/h3-8,13H,9-12H2,1-2H3,(H,27,29). The van der Waals surface area contributed by atoms with E-state index in [1.165, 1.54) is 0 Å². The molecule has 0 aromatic heterocycles. The van der Waals surface area contributed by atoms with Gasteiger partial charge in [0.1, 0.15) is 11.5 Å². The Balaban J connectivity index is 1.41. The van der Waals surface area contributed by atoms with E-state index in [4.69, 9.17) is 55.9 Å². The Morgan fingerprint density at radius 2 is 1.44 bits per heavy atom. The summed E-state index contributed by atoms with van der Waals surface area (Å²) < 4.78 is 11.0. The van der Waals surface area contributed by atoms with Crippen LogP contribution in [0.2, 0.25) is 20.1 Å². The van der Waals surface area contributed by atoms with Gasteiger partial charge in [-0.15, -0.1) is 0 Å². The predicted molar refractivity (Wildman–Crippen MR) is 126 cm³/mol. The zero-order valence-corrected chi connectivity index (χ0v) is 20.5. The number of amides is 2. The monoisotopic (exact) mass is 518 g/mol. The fourth-order valence-electron chi connectivity index (χ4n) is 3.47. The van der Waals surface area contributed by atoms with Crippen molar-refractivity contribution >= 4 is 58.2 Å². The lowest BCUT2D eigenvalue weighted by Crippen LogP contribution is -2.63. The summed E-state index contributed by atoms with van der Waals surface area (Å²) in [5.41, 5.74) is -0.374.